The minimum Gasteiger partial charge on any atom is -0.481 e. The summed E-state index contributed by atoms with van der Waals surface area (Å²) >= 11 is 0. The summed E-state index contributed by atoms with van der Waals surface area (Å²) in [5.41, 5.74) is 1.89. The third kappa shape index (κ3) is 3.43. The van der Waals surface area contributed by atoms with Gasteiger partial charge < -0.3 is 10.0 Å². The summed E-state index contributed by atoms with van der Waals surface area (Å²) in [5.74, 6) is -1.32. The first-order valence-electron chi connectivity index (χ1n) is 7.67. The highest BCUT2D eigenvalue weighted by atomic mass is 16.4. The van der Waals surface area contributed by atoms with Gasteiger partial charge in [0.05, 0.1) is 5.92 Å². The second-order valence-corrected chi connectivity index (χ2v) is 5.77. The van der Waals surface area contributed by atoms with E-state index in [1.165, 1.54) is 5.56 Å². The Morgan fingerprint density at radius 1 is 1.29 bits per heavy atom. The average molecular weight is 289 g/mol. The van der Waals surface area contributed by atoms with Crippen LogP contribution in [0.4, 0.5) is 0 Å². The van der Waals surface area contributed by atoms with Crippen molar-refractivity contribution in [2.75, 3.05) is 6.54 Å². The second kappa shape index (κ2) is 6.74. The molecule has 2 unspecified atom stereocenters. The lowest BCUT2D eigenvalue weighted by molar-refractivity contribution is -0.142. The Morgan fingerprint density at radius 2 is 1.95 bits per heavy atom. The Bertz CT molecular complexity index is 509. The molecule has 1 aliphatic rings. The van der Waals surface area contributed by atoms with Crippen molar-refractivity contribution in [2.45, 2.75) is 45.6 Å². The monoisotopic (exact) mass is 289 g/mol. The maximum absolute atomic E-state index is 12.5. The molecule has 0 saturated carbocycles. The number of likely N-dealkylation sites (tertiary alicyclic amines) is 1. The third-order valence-electron chi connectivity index (χ3n) is 4.35. The molecule has 4 nitrogen and oxygen atoms in total. The lowest BCUT2D eigenvalue weighted by atomic mass is 10.0. The Labute approximate surface area is 125 Å². The highest BCUT2D eigenvalue weighted by Gasteiger charge is 2.38. The number of hydrogen-bond donors (Lipinski definition) is 1. The van der Waals surface area contributed by atoms with E-state index in [2.05, 4.69) is 6.92 Å². The number of rotatable bonds is 5. The topological polar surface area (TPSA) is 57.6 Å². The molecule has 1 aromatic carbocycles. The van der Waals surface area contributed by atoms with Crippen LogP contribution in [0, 0.1) is 5.92 Å². The molecule has 114 valence electrons. The van der Waals surface area contributed by atoms with Gasteiger partial charge in [-0.3, -0.25) is 9.59 Å². The molecule has 1 N–H and O–H groups in total. The molecule has 0 aliphatic carbocycles. The molecule has 0 radical (unpaired) electrons. The Balaban J connectivity index is 2.05. The first-order chi connectivity index (χ1) is 10.0. The maximum atomic E-state index is 12.5. The van der Waals surface area contributed by atoms with E-state index >= 15 is 0 Å². The molecule has 1 aliphatic heterocycles. The molecule has 0 bridgehead atoms. The van der Waals surface area contributed by atoms with Crippen molar-refractivity contribution in [1.29, 1.82) is 0 Å². The Hall–Kier alpha value is -1.84. The molecular formula is C17H23NO3. The van der Waals surface area contributed by atoms with Gasteiger partial charge in [-0.25, -0.2) is 0 Å². The van der Waals surface area contributed by atoms with Crippen LogP contribution in [-0.4, -0.2) is 34.5 Å². The molecule has 2 rings (SSSR count). The zero-order valence-corrected chi connectivity index (χ0v) is 12.7. The zero-order valence-electron chi connectivity index (χ0n) is 12.7. The lowest BCUT2D eigenvalue weighted by Crippen LogP contribution is -2.37. The number of carboxylic acid groups (broad SMARTS) is 1. The lowest BCUT2D eigenvalue weighted by Gasteiger charge is -2.23. The van der Waals surface area contributed by atoms with Gasteiger partial charge in [-0.2, -0.15) is 0 Å². The molecule has 1 amide bonds. The van der Waals surface area contributed by atoms with Crippen molar-refractivity contribution in [3.8, 4) is 0 Å². The number of carbonyl (C=O) groups is 2. The SMILES string of the molecule is CCCCc1ccc(C(=O)N2CCC(C(=O)O)C2C)cc1. The van der Waals surface area contributed by atoms with Gasteiger partial charge in [-0.05, 0) is 43.9 Å². The number of nitrogens with zero attached hydrogens (tertiary/aromatic N) is 1. The van der Waals surface area contributed by atoms with Crippen LogP contribution in [0.1, 0.15) is 49.0 Å². The molecular weight excluding hydrogens is 266 g/mol. The van der Waals surface area contributed by atoms with Gasteiger partial charge in [0.1, 0.15) is 0 Å². The molecule has 1 saturated heterocycles. The fourth-order valence-electron chi connectivity index (χ4n) is 2.92. The van der Waals surface area contributed by atoms with E-state index in [9.17, 15) is 9.59 Å². The summed E-state index contributed by atoms with van der Waals surface area (Å²) in [6.45, 7) is 4.50. The van der Waals surface area contributed by atoms with Gasteiger partial charge in [-0.15, -0.1) is 0 Å². The maximum Gasteiger partial charge on any atom is 0.308 e. The Kier molecular flexibility index (Phi) is 4.99. The van der Waals surface area contributed by atoms with Gasteiger partial charge >= 0.3 is 5.97 Å². The van der Waals surface area contributed by atoms with E-state index in [1.807, 2.05) is 31.2 Å². The Morgan fingerprint density at radius 3 is 2.48 bits per heavy atom. The zero-order chi connectivity index (χ0) is 15.4. The van der Waals surface area contributed by atoms with Gasteiger partial charge in [-0.1, -0.05) is 25.5 Å². The summed E-state index contributed by atoms with van der Waals surface area (Å²) in [4.78, 5) is 25.3. The van der Waals surface area contributed by atoms with E-state index in [0.29, 0.717) is 18.5 Å². The predicted octanol–water partition coefficient (Wildman–Crippen LogP) is 2.96. The summed E-state index contributed by atoms with van der Waals surface area (Å²) < 4.78 is 0. The first kappa shape index (κ1) is 15.5. The number of hydrogen-bond acceptors (Lipinski definition) is 2. The quantitative estimate of drug-likeness (QED) is 0.906. The number of aliphatic carboxylic acids is 1. The van der Waals surface area contributed by atoms with Crippen LogP contribution in [-0.2, 0) is 11.2 Å². The van der Waals surface area contributed by atoms with Crippen LogP contribution in [0.2, 0.25) is 0 Å². The number of aryl methyl sites for hydroxylation is 1. The fraction of sp³-hybridized carbons (Fsp3) is 0.529. The normalized spacial score (nSPS) is 21.5. The summed E-state index contributed by atoms with van der Waals surface area (Å²) in [6.07, 6.45) is 3.88. The largest absolute Gasteiger partial charge is 0.481 e. The van der Waals surface area contributed by atoms with Crippen LogP contribution >= 0.6 is 0 Å². The number of amides is 1. The second-order valence-electron chi connectivity index (χ2n) is 5.77. The van der Waals surface area contributed by atoms with Crippen molar-refractivity contribution in [1.82, 2.24) is 4.90 Å². The van der Waals surface area contributed by atoms with Crippen LogP contribution < -0.4 is 0 Å². The van der Waals surface area contributed by atoms with Crippen molar-refractivity contribution in [3.05, 3.63) is 35.4 Å². The number of benzene rings is 1. The fourth-order valence-corrected chi connectivity index (χ4v) is 2.92. The molecule has 1 fully saturated rings. The summed E-state index contributed by atoms with van der Waals surface area (Å²) in [7, 11) is 0. The van der Waals surface area contributed by atoms with Gasteiger partial charge in [0, 0.05) is 18.2 Å². The smallest absolute Gasteiger partial charge is 0.308 e. The van der Waals surface area contributed by atoms with E-state index < -0.39 is 11.9 Å². The van der Waals surface area contributed by atoms with Crippen LogP contribution in [0.15, 0.2) is 24.3 Å². The number of carboxylic acids is 1. The van der Waals surface area contributed by atoms with E-state index in [0.717, 1.165) is 19.3 Å². The predicted molar refractivity (Wildman–Crippen MR) is 81.3 cm³/mol. The van der Waals surface area contributed by atoms with Crippen LogP contribution in [0.3, 0.4) is 0 Å². The minimum atomic E-state index is -0.812. The van der Waals surface area contributed by atoms with E-state index in [-0.39, 0.29) is 11.9 Å². The molecule has 1 heterocycles. The molecule has 1 aromatic rings. The first-order valence-corrected chi connectivity index (χ1v) is 7.67. The van der Waals surface area contributed by atoms with Gasteiger partial charge in [0.2, 0.25) is 0 Å². The average Bonchev–Trinajstić information content (AvgIpc) is 2.87. The highest BCUT2D eigenvalue weighted by molar-refractivity contribution is 5.95. The number of carbonyl (C=O) groups excluding carboxylic acids is 1. The van der Waals surface area contributed by atoms with E-state index in [4.69, 9.17) is 5.11 Å². The van der Waals surface area contributed by atoms with Gasteiger partial charge in [0.25, 0.3) is 5.91 Å². The highest BCUT2D eigenvalue weighted by Crippen LogP contribution is 2.26. The molecule has 0 aromatic heterocycles. The standard InChI is InChI=1S/C17H23NO3/c1-3-4-5-13-6-8-14(9-7-13)16(19)18-11-10-15(12(18)2)17(20)21/h6-9,12,15H,3-5,10-11H2,1-2H3,(H,20,21). The summed E-state index contributed by atoms with van der Waals surface area (Å²) in [5, 5.41) is 9.13. The van der Waals surface area contributed by atoms with Gasteiger partial charge in [0.15, 0.2) is 0 Å². The molecule has 0 spiro atoms. The van der Waals surface area contributed by atoms with Crippen molar-refractivity contribution < 1.29 is 14.7 Å². The van der Waals surface area contributed by atoms with Crippen molar-refractivity contribution >= 4 is 11.9 Å². The molecule has 2 atom stereocenters. The van der Waals surface area contributed by atoms with E-state index in [1.54, 1.807) is 4.90 Å². The molecule has 21 heavy (non-hydrogen) atoms. The van der Waals surface area contributed by atoms with Crippen molar-refractivity contribution in [3.63, 3.8) is 0 Å². The van der Waals surface area contributed by atoms with Crippen molar-refractivity contribution in [2.24, 2.45) is 5.92 Å². The third-order valence-corrected chi connectivity index (χ3v) is 4.35. The molecule has 4 heteroatoms. The minimum absolute atomic E-state index is 0.0618. The number of unbranched alkanes of at least 4 members (excludes halogenated alkanes) is 1. The van der Waals surface area contributed by atoms with Crippen LogP contribution in [0.25, 0.3) is 0 Å². The van der Waals surface area contributed by atoms with Crippen LogP contribution in [0.5, 0.6) is 0 Å². The summed E-state index contributed by atoms with van der Waals surface area (Å²) in [6, 6.07) is 7.47.